The van der Waals surface area contributed by atoms with Crippen molar-refractivity contribution in [3.63, 3.8) is 0 Å². The van der Waals surface area contributed by atoms with Gasteiger partial charge in [0.2, 0.25) is 0 Å². The molecule has 0 bridgehead atoms. The number of hydrogen-bond donors (Lipinski definition) is 3. The first-order valence-corrected chi connectivity index (χ1v) is 12.4. The van der Waals surface area contributed by atoms with Crippen LogP contribution in [0.25, 0.3) is 0 Å². The van der Waals surface area contributed by atoms with Crippen molar-refractivity contribution in [1.82, 2.24) is 30.5 Å². The van der Waals surface area contributed by atoms with Gasteiger partial charge in [0.15, 0.2) is 5.11 Å². The number of nitrogens with zero attached hydrogens (tertiary/aromatic N) is 5. The van der Waals surface area contributed by atoms with Crippen LogP contribution in [0, 0.1) is 11.6 Å². The molecule has 2 aromatic carbocycles. The third kappa shape index (κ3) is 7.12. The Morgan fingerprint density at radius 3 is 2.49 bits per heavy atom. The largest absolute Gasteiger partial charge is 0.490 e. The number of rotatable bonds is 9. The quantitative estimate of drug-likeness (QED) is 0.360. The predicted molar refractivity (Wildman–Crippen MR) is 140 cm³/mol. The highest BCUT2D eigenvalue weighted by atomic mass is 32.1. The number of aromatic nitrogens is 3. The third-order valence-electron chi connectivity index (χ3n) is 5.96. The average molecular weight is 532 g/mol. The highest BCUT2D eigenvalue weighted by Crippen LogP contribution is 2.29. The average Bonchev–Trinajstić information content (AvgIpc) is 3.36. The second kappa shape index (κ2) is 11.8. The van der Waals surface area contributed by atoms with E-state index in [0.29, 0.717) is 10.9 Å². The smallest absolute Gasteiger partial charge is 0.181 e. The van der Waals surface area contributed by atoms with E-state index in [1.165, 1.54) is 23.4 Å². The van der Waals surface area contributed by atoms with Gasteiger partial charge in [-0.1, -0.05) is 6.07 Å². The van der Waals surface area contributed by atoms with E-state index >= 15 is 0 Å². The first-order valence-electron chi connectivity index (χ1n) is 12.0. The number of benzene rings is 2. The van der Waals surface area contributed by atoms with E-state index in [1.54, 1.807) is 12.1 Å². The van der Waals surface area contributed by atoms with Gasteiger partial charge in [0.05, 0.1) is 6.54 Å². The lowest BCUT2D eigenvalue weighted by Crippen LogP contribution is -2.56. The van der Waals surface area contributed by atoms with Crippen LogP contribution in [0.1, 0.15) is 19.4 Å². The fraction of sp³-hybridized carbons (Fsp3) is 0.400. The first-order chi connectivity index (χ1) is 17.7. The van der Waals surface area contributed by atoms with Crippen LogP contribution in [0.5, 0.6) is 5.75 Å². The number of anilines is 1. The normalized spacial score (nSPS) is 15.9. The van der Waals surface area contributed by atoms with Crippen LogP contribution in [-0.2, 0) is 12.1 Å². The predicted octanol–water partition coefficient (Wildman–Crippen LogP) is 2.43. The number of nitrogens with one attached hydrogen (secondary N) is 2. The molecule has 4 rings (SSSR count). The molecule has 0 amide bonds. The van der Waals surface area contributed by atoms with Crippen LogP contribution in [0.4, 0.5) is 14.5 Å². The summed E-state index contributed by atoms with van der Waals surface area (Å²) in [5, 5.41) is 21.3. The van der Waals surface area contributed by atoms with Gasteiger partial charge in [-0.2, -0.15) is 5.10 Å². The second-order valence-corrected chi connectivity index (χ2v) is 9.65. The van der Waals surface area contributed by atoms with Crippen molar-refractivity contribution >= 4 is 23.0 Å². The maximum atomic E-state index is 14.6. The minimum atomic E-state index is -1.81. The number of hydrogen-bond acceptors (Lipinski definition) is 7. The van der Waals surface area contributed by atoms with Gasteiger partial charge in [0.1, 0.15) is 42.2 Å². The van der Waals surface area contributed by atoms with Gasteiger partial charge in [-0.15, -0.1) is 0 Å². The van der Waals surface area contributed by atoms with Crippen LogP contribution in [0.3, 0.4) is 0 Å². The highest BCUT2D eigenvalue weighted by Gasteiger charge is 2.35. The molecule has 1 unspecified atom stereocenters. The Bertz CT molecular complexity index is 1170. The highest BCUT2D eigenvalue weighted by molar-refractivity contribution is 7.80. The van der Waals surface area contributed by atoms with Crippen LogP contribution < -0.4 is 20.4 Å². The fourth-order valence-electron chi connectivity index (χ4n) is 4.13. The number of halogens is 2. The molecule has 1 fully saturated rings. The lowest BCUT2D eigenvalue weighted by atomic mass is 9.94. The Balaban J connectivity index is 1.37. The van der Waals surface area contributed by atoms with Gasteiger partial charge in [-0.05, 0) is 56.4 Å². The van der Waals surface area contributed by atoms with Crippen molar-refractivity contribution in [2.45, 2.75) is 32.0 Å². The minimum Gasteiger partial charge on any atom is -0.490 e. The SMILES string of the molecule is CC(C)NC(=S)NN1CCN(c2ccc(OCC(O)(Cn3cncn3)c3ccc(F)cc3F)cc2)CC1. The van der Waals surface area contributed by atoms with Gasteiger partial charge in [0.25, 0.3) is 0 Å². The molecular formula is C25H31F2N7O2S. The summed E-state index contributed by atoms with van der Waals surface area (Å²) in [4.78, 5) is 6.12. The number of piperazine rings is 1. The van der Waals surface area contributed by atoms with Crippen LogP contribution in [0.2, 0.25) is 0 Å². The summed E-state index contributed by atoms with van der Waals surface area (Å²) < 4.78 is 35.3. The zero-order chi connectivity index (χ0) is 26.4. The Morgan fingerprint density at radius 2 is 1.86 bits per heavy atom. The molecule has 37 heavy (non-hydrogen) atoms. The maximum absolute atomic E-state index is 14.6. The molecule has 3 aromatic rings. The van der Waals surface area contributed by atoms with Crippen LogP contribution in [-0.4, -0.2) is 68.8 Å². The van der Waals surface area contributed by atoms with Crippen molar-refractivity contribution in [3.8, 4) is 5.75 Å². The van der Waals surface area contributed by atoms with Crippen molar-refractivity contribution in [1.29, 1.82) is 0 Å². The summed E-state index contributed by atoms with van der Waals surface area (Å²) in [5.41, 5.74) is 2.37. The van der Waals surface area contributed by atoms with E-state index in [9.17, 15) is 13.9 Å². The fourth-order valence-corrected chi connectivity index (χ4v) is 4.49. The Kier molecular flexibility index (Phi) is 8.52. The van der Waals surface area contributed by atoms with Crippen molar-refractivity contribution in [2.24, 2.45) is 0 Å². The second-order valence-electron chi connectivity index (χ2n) is 9.25. The molecule has 1 aromatic heterocycles. The van der Waals surface area contributed by atoms with Crippen molar-refractivity contribution in [3.05, 3.63) is 72.3 Å². The standard InChI is InChI=1S/C25H31F2N7O2S/c1-18(2)30-24(37)31-33-11-9-32(10-12-33)20-4-6-21(7-5-20)36-15-25(35,14-34-17-28-16-29-34)22-8-3-19(26)13-23(22)27/h3-8,13,16-18,35H,9-12,14-15H2,1-2H3,(H2,30,31,37). The van der Waals surface area contributed by atoms with Crippen molar-refractivity contribution < 1.29 is 18.6 Å². The van der Waals surface area contributed by atoms with Gasteiger partial charge >= 0.3 is 0 Å². The lowest BCUT2D eigenvalue weighted by molar-refractivity contribution is -0.0297. The summed E-state index contributed by atoms with van der Waals surface area (Å²) >= 11 is 5.32. The van der Waals surface area contributed by atoms with Gasteiger partial charge < -0.3 is 20.1 Å². The zero-order valence-corrected chi connectivity index (χ0v) is 21.6. The van der Waals surface area contributed by atoms with E-state index < -0.39 is 17.2 Å². The molecule has 12 heteroatoms. The molecule has 198 valence electrons. The molecule has 1 aliphatic rings. The monoisotopic (exact) mass is 531 g/mol. The molecule has 1 saturated heterocycles. The van der Waals surface area contributed by atoms with Gasteiger partial charge in [-0.3, -0.25) is 5.43 Å². The molecule has 0 radical (unpaired) electrons. The number of hydrazine groups is 1. The number of ether oxygens (including phenoxy) is 1. The van der Waals surface area contributed by atoms with E-state index in [0.717, 1.165) is 44.0 Å². The summed E-state index contributed by atoms with van der Waals surface area (Å²) in [5.74, 6) is -1.09. The van der Waals surface area contributed by atoms with Crippen LogP contribution in [0.15, 0.2) is 55.1 Å². The Morgan fingerprint density at radius 1 is 1.14 bits per heavy atom. The van der Waals surface area contributed by atoms with Crippen LogP contribution >= 0.6 is 12.2 Å². The van der Waals surface area contributed by atoms with E-state index in [4.69, 9.17) is 17.0 Å². The molecule has 0 spiro atoms. The molecule has 1 atom stereocenters. The topological polar surface area (TPSA) is 90.7 Å². The molecule has 1 aliphatic heterocycles. The number of aliphatic hydroxyl groups is 1. The summed E-state index contributed by atoms with van der Waals surface area (Å²) in [6.07, 6.45) is 2.72. The van der Waals surface area contributed by atoms with E-state index in [1.807, 2.05) is 26.0 Å². The van der Waals surface area contributed by atoms with E-state index in [-0.39, 0.29) is 24.8 Å². The van der Waals surface area contributed by atoms with Gasteiger partial charge in [0, 0.05) is 49.5 Å². The maximum Gasteiger partial charge on any atom is 0.181 e. The molecule has 3 N–H and O–H groups in total. The third-order valence-corrected chi connectivity index (χ3v) is 6.17. The lowest BCUT2D eigenvalue weighted by Gasteiger charge is -2.36. The van der Waals surface area contributed by atoms with E-state index in [2.05, 4.69) is 30.7 Å². The minimum absolute atomic E-state index is 0.0874. The van der Waals surface area contributed by atoms with Gasteiger partial charge in [-0.25, -0.2) is 23.5 Å². The summed E-state index contributed by atoms with van der Waals surface area (Å²) in [6, 6.07) is 10.8. The Labute approximate surface area is 220 Å². The summed E-state index contributed by atoms with van der Waals surface area (Å²) in [6.45, 7) is 6.92. The molecule has 0 saturated carbocycles. The zero-order valence-electron chi connectivity index (χ0n) is 20.8. The molecule has 9 nitrogen and oxygen atoms in total. The molecule has 0 aliphatic carbocycles. The van der Waals surface area contributed by atoms with Crippen molar-refractivity contribution in [2.75, 3.05) is 37.7 Å². The Hall–Kier alpha value is -3.35. The molecule has 2 heterocycles. The number of thiocarbonyl (C=S) groups is 1. The summed E-state index contributed by atoms with van der Waals surface area (Å²) in [7, 11) is 0. The first kappa shape index (κ1) is 26.7. The molecular weight excluding hydrogens is 500 g/mol.